The number of carbonyl (C=O) groups is 4. The van der Waals surface area contributed by atoms with Crippen molar-refractivity contribution in [2.45, 2.75) is 33.7 Å². The Bertz CT molecular complexity index is 454. The predicted octanol–water partition coefficient (Wildman–Crippen LogP) is -0.242. The summed E-state index contributed by atoms with van der Waals surface area (Å²) in [5, 5.41) is 15.4. The maximum Gasteiger partial charge on any atom is 0.331 e. The Labute approximate surface area is 116 Å². The van der Waals surface area contributed by atoms with Crippen molar-refractivity contribution in [1.82, 2.24) is 16.0 Å². The van der Waals surface area contributed by atoms with E-state index in [0.29, 0.717) is 0 Å². The fraction of sp³-hybridized carbons (Fsp3) is 0.500. The lowest BCUT2D eigenvalue weighted by atomic mass is 10.1. The van der Waals surface area contributed by atoms with Gasteiger partial charge in [0.25, 0.3) is 5.91 Å². The lowest BCUT2D eigenvalue weighted by Crippen LogP contribution is -2.45. The highest BCUT2D eigenvalue weighted by Crippen LogP contribution is 2.02. The minimum Gasteiger partial charge on any atom is -0.478 e. The number of imide groups is 1. The maximum atomic E-state index is 11.5. The molecule has 0 aliphatic carbocycles. The normalized spacial score (nSPS) is 11.4. The van der Waals surface area contributed by atoms with Crippen LogP contribution in [0.1, 0.15) is 27.7 Å². The molecule has 0 rings (SSSR count). The molecular formula is C12H19N3O5. The van der Waals surface area contributed by atoms with Gasteiger partial charge in [-0.15, -0.1) is 0 Å². The van der Waals surface area contributed by atoms with Crippen molar-refractivity contribution < 1.29 is 24.3 Å². The molecule has 0 aromatic rings. The molecule has 8 heteroatoms. The van der Waals surface area contributed by atoms with Gasteiger partial charge in [0.15, 0.2) is 0 Å². The zero-order valence-electron chi connectivity index (χ0n) is 11.9. The summed E-state index contributed by atoms with van der Waals surface area (Å²) in [6.45, 7) is 5.80. The van der Waals surface area contributed by atoms with E-state index in [1.54, 1.807) is 13.8 Å². The van der Waals surface area contributed by atoms with Crippen LogP contribution in [-0.2, 0) is 14.4 Å². The van der Waals surface area contributed by atoms with Gasteiger partial charge in [0, 0.05) is 17.2 Å². The largest absolute Gasteiger partial charge is 0.478 e. The summed E-state index contributed by atoms with van der Waals surface area (Å²) in [5.74, 6) is -2.46. The Morgan fingerprint density at radius 2 is 1.60 bits per heavy atom. The Hall–Kier alpha value is -2.38. The SMILES string of the molecule is CC(C(=O)O)=C(C)C(=O)NC(=O)NCC(=O)NC(C)C. The van der Waals surface area contributed by atoms with Gasteiger partial charge in [-0.2, -0.15) is 0 Å². The summed E-state index contributed by atoms with van der Waals surface area (Å²) >= 11 is 0. The summed E-state index contributed by atoms with van der Waals surface area (Å²) < 4.78 is 0. The van der Waals surface area contributed by atoms with Crippen molar-refractivity contribution in [3.63, 3.8) is 0 Å². The second-order valence-electron chi connectivity index (χ2n) is 4.41. The number of hydrogen-bond acceptors (Lipinski definition) is 4. The highest BCUT2D eigenvalue weighted by molar-refractivity contribution is 6.07. The van der Waals surface area contributed by atoms with Crippen LogP contribution >= 0.6 is 0 Å². The van der Waals surface area contributed by atoms with Crippen LogP contribution in [0.25, 0.3) is 0 Å². The van der Waals surface area contributed by atoms with E-state index in [1.807, 2.05) is 5.32 Å². The van der Waals surface area contributed by atoms with E-state index in [9.17, 15) is 19.2 Å². The summed E-state index contributed by atoms with van der Waals surface area (Å²) in [6, 6.07) is -0.927. The molecule has 0 atom stereocenters. The first-order valence-electron chi connectivity index (χ1n) is 5.94. The van der Waals surface area contributed by atoms with Gasteiger partial charge in [-0.05, 0) is 27.7 Å². The smallest absolute Gasteiger partial charge is 0.331 e. The average molecular weight is 285 g/mol. The third-order valence-corrected chi connectivity index (χ3v) is 2.31. The van der Waals surface area contributed by atoms with Crippen molar-refractivity contribution in [3.05, 3.63) is 11.1 Å². The van der Waals surface area contributed by atoms with Crippen LogP contribution in [0.4, 0.5) is 4.79 Å². The van der Waals surface area contributed by atoms with Gasteiger partial charge in [0.1, 0.15) is 0 Å². The number of rotatable bonds is 5. The van der Waals surface area contributed by atoms with Crippen LogP contribution in [0.15, 0.2) is 11.1 Å². The van der Waals surface area contributed by atoms with E-state index in [1.165, 1.54) is 13.8 Å². The molecule has 0 heterocycles. The fourth-order valence-corrected chi connectivity index (χ4v) is 1.11. The molecule has 0 spiro atoms. The molecule has 0 aliphatic heterocycles. The second-order valence-corrected chi connectivity index (χ2v) is 4.41. The number of amides is 4. The van der Waals surface area contributed by atoms with E-state index in [-0.39, 0.29) is 23.7 Å². The van der Waals surface area contributed by atoms with Gasteiger partial charge < -0.3 is 15.7 Å². The molecule has 4 amide bonds. The fourth-order valence-electron chi connectivity index (χ4n) is 1.11. The molecule has 0 fully saturated rings. The first-order chi connectivity index (χ1) is 9.15. The van der Waals surface area contributed by atoms with E-state index >= 15 is 0 Å². The van der Waals surface area contributed by atoms with Crippen molar-refractivity contribution in [3.8, 4) is 0 Å². The number of carbonyl (C=O) groups excluding carboxylic acids is 3. The minimum absolute atomic E-state index is 0.0580. The van der Waals surface area contributed by atoms with Gasteiger partial charge in [0.2, 0.25) is 5.91 Å². The predicted molar refractivity (Wildman–Crippen MR) is 70.8 cm³/mol. The van der Waals surface area contributed by atoms with Gasteiger partial charge in [-0.1, -0.05) is 0 Å². The summed E-state index contributed by atoms with van der Waals surface area (Å²) in [5.41, 5.74) is -0.243. The zero-order valence-corrected chi connectivity index (χ0v) is 11.9. The number of carboxylic acids is 1. The highest BCUT2D eigenvalue weighted by Gasteiger charge is 2.15. The Morgan fingerprint density at radius 1 is 1.05 bits per heavy atom. The number of nitrogens with one attached hydrogen (secondary N) is 3. The monoisotopic (exact) mass is 285 g/mol. The molecule has 0 aliphatic rings. The van der Waals surface area contributed by atoms with Gasteiger partial charge in [-0.3, -0.25) is 14.9 Å². The van der Waals surface area contributed by atoms with Crippen molar-refractivity contribution >= 4 is 23.8 Å². The first-order valence-corrected chi connectivity index (χ1v) is 5.94. The summed E-state index contributed by atoms with van der Waals surface area (Å²) in [6.07, 6.45) is 0. The topological polar surface area (TPSA) is 125 Å². The molecule has 112 valence electrons. The zero-order chi connectivity index (χ0) is 15.9. The number of urea groups is 1. The molecule has 0 aromatic heterocycles. The number of carboxylic acid groups (broad SMARTS) is 1. The average Bonchev–Trinajstić information content (AvgIpc) is 2.33. The van der Waals surface area contributed by atoms with Crippen LogP contribution in [0.3, 0.4) is 0 Å². The Morgan fingerprint density at radius 3 is 2.05 bits per heavy atom. The van der Waals surface area contributed by atoms with Crippen LogP contribution in [0.5, 0.6) is 0 Å². The Balaban J connectivity index is 4.35. The lowest BCUT2D eigenvalue weighted by Gasteiger charge is -2.10. The van der Waals surface area contributed by atoms with Gasteiger partial charge in [0.05, 0.1) is 6.54 Å². The summed E-state index contributed by atoms with van der Waals surface area (Å²) in [4.78, 5) is 44.8. The van der Waals surface area contributed by atoms with Crippen LogP contribution in [0.2, 0.25) is 0 Å². The van der Waals surface area contributed by atoms with Gasteiger partial charge >= 0.3 is 12.0 Å². The van der Waals surface area contributed by atoms with Crippen molar-refractivity contribution in [2.24, 2.45) is 0 Å². The molecule has 20 heavy (non-hydrogen) atoms. The highest BCUT2D eigenvalue weighted by atomic mass is 16.4. The molecule has 0 saturated heterocycles. The minimum atomic E-state index is -1.24. The summed E-state index contributed by atoms with van der Waals surface area (Å²) in [7, 11) is 0. The molecule has 0 radical (unpaired) electrons. The van der Waals surface area contributed by atoms with Crippen molar-refractivity contribution in [1.29, 1.82) is 0 Å². The van der Waals surface area contributed by atoms with Gasteiger partial charge in [-0.25, -0.2) is 9.59 Å². The Kier molecular flexibility index (Phi) is 6.98. The second kappa shape index (κ2) is 7.93. The van der Waals surface area contributed by atoms with Crippen LogP contribution in [0, 0.1) is 0 Å². The molecule has 0 aromatic carbocycles. The standard InChI is InChI=1S/C12H19N3O5/c1-6(2)14-9(16)5-13-12(20)15-10(17)7(3)8(4)11(18)19/h6H,5H2,1-4H3,(H,14,16)(H,18,19)(H2,13,15,17,20). The number of hydrogen-bond donors (Lipinski definition) is 4. The van der Waals surface area contributed by atoms with E-state index in [4.69, 9.17) is 5.11 Å². The molecule has 0 bridgehead atoms. The molecule has 8 nitrogen and oxygen atoms in total. The molecule has 0 unspecified atom stereocenters. The van der Waals surface area contributed by atoms with Crippen LogP contribution < -0.4 is 16.0 Å². The van der Waals surface area contributed by atoms with Crippen LogP contribution in [-0.4, -0.2) is 41.5 Å². The van der Waals surface area contributed by atoms with Crippen molar-refractivity contribution in [2.75, 3.05) is 6.54 Å². The van der Waals surface area contributed by atoms with E-state index in [2.05, 4.69) is 10.6 Å². The van der Waals surface area contributed by atoms with E-state index in [0.717, 1.165) is 0 Å². The molecule has 0 saturated carbocycles. The quantitative estimate of drug-likeness (QED) is 0.519. The third kappa shape index (κ3) is 6.53. The molecule has 4 N–H and O–H groups in total. The maximum absolute atomic E-state index is 11.5. The first kappa shape index (κ1) is 17.6. The third-order valence-electron chi connectivity index (χ3n) is 2.31. The lowest BCUT2D eigenvalue weighted by molar-refractivity contribution is -0.133. The number of aliphatic carboxylic acids is 1. The van der Waals surface area contributed by atoms with E-state index < -0.39 is 23.8 Å². The molecular weight excluding hydrogens is 266 g/mol.